The van der Waals surface area contributed by atoms with Crippen molar-refractivity contribution >= 4 is 5.95 Å². The average Bonchev–Trinajstić information content (AvgIpc) is 2.87. The van der Waals surface area contributed by atoms with Crippen LogP contribution in [0, 0.1) is 6.92 Å². The Labute approximate surface area is 120 Å². The van der Waals surface area contributed by atoms with Crippen molar-refractivity contribution in [2.24, 2.45) is 0 Å². The molecule has 0 spiro atoms. The van der Waals surface area contributed by atoms with Crippen molar-refractivity contribution in [2.45, 2.75) is 32.9 Å². The van der Waals surface area contributed by atoms with Gasteiger partial charge >= 0.3 is 0 Å². The summed E-state index contributed by atoms with van der Waals surface area (Å²) in [6, 6.07) is 8.83. The number of rotatable bonds is 7. The van der Waals surface area contributed by atoms with Crippen molar-refractivity contribution in [1.82, 2.24) is 9.55 Å². The Balaban J connectivity index is 1.98. The third-order valence-corrected chi connectivity index (χ3v) is 3.39. The molecule has 0 fully saturated rings. The lowest BCUT2D eigenvalue weighted by molar-refractivity contribution is 0.190. The molecular weight excluding hydrogens is 250 g/mol. The maximum Gasteiger partial charge on any atom is 0.203 e. The molecule has 0 bridgehead atoms. The van der Waals surface area contributed by atoms with Gasteiger partial charge in [-0.25, -0.2) is 4.98 Å². The van der Waals surface area contributed by atoms with Gasteiger partial charge in [0.15, 0.2) is 0 Å². The van der Waals surface area contributed by atoms with Crippen molar-refractivity contribution in [3.05, 3.63) is 47.8 Å². The molecule has 1 unspecified atom stereocenters. The number of nitrogens with zero attached hydrogens (tertiary/aromatic N) is 2. The summed E-state index contributed by atoms with van der Waals surface area (Å²) in [6.07, 6.45) is 4.82. The lowest BCUT2D eigenvalue weighted by atomic mass is 10.1. The number of imidazole rings is 1. The van der Waals surface area contributed by atoms with E-state index in [4.69, 9.17) is 4.74 Å². The van der Waals surface area contributed by atoms with Gasteiger partial charge in [-0.15, -0.1) is 0 Å². The van der Waals surface area contributed by atoms with Crippen LogP contribution in [0.2, 0.25) is 0 Å². The van der Waals surface area contributed by atoms with Crippen molar-refractivity contribution in [1.29, 1.82) is 0 Å². The highest BCUT2D eigenvalue weighted by atomic mass is 16.5. The number of anilines is 1. The molecule has 4 heteroatoms. The number of ether oxygens (including phenoxy) is 1. The summed E-state index contributed by atoms with van der Waals surface area (Å²) >= 11 is 0. The van der Waals surface area contributed by atoms with Crippen LogP contribution in [0.5, 0.6) is 0 Å². The van der Waals surface area contributed by atoms with Gasteiger partial charge in [0.05, 0.1) is 6.04 Å². The Bertz CT molecular complexity index is 519. The van der Waals surface area contributed by atoms with Gasteiger partial charge < -0.3 is 14.6 Å². The molecule has 2 aromatic rings. The monoisotopic (exact) mass is 273 g/mol. The zero-order chi connectivity index (χ0) is 14.4. The lowest BCUT2D eigenvalue weighted by Gasteiger charge is -2.16. The highest BCUT2D eigenvalue weighted by molar-refractivity contribution is 5.33. The lowest BCUT2D eigenvalue weighted by Crippen LogP contribution is -2.12. The standard InChI is InChI=1S/C16H23N3O/c1-13-5-7-15(8-6-13)14(2)18-16-17-9-11-19(16)10-4-12-20-3/h5-9,11,14H,4,10,12H2,1-3H3,(H,17,18). The molecule has 0 saturated carbocycles. The fraction of sp³-hybridized carbons (Fsp3) is 0.438. The SMILES string of the molecule is COCCCn1ccnc1NC(C)c1ccc(C)cc1. The zero-order valence-electron chi connectivity index (χ0n) is 12.5. The van der Waals surface area contributed by atoms with Crippen LogP contribution in [-0.4, -0.2) is 23.3 Å². The van der Waals surface area contributed by atoms with E-state index in [9.17, 15) is 0 Å². The van der Waals surface area contributed by atoms with Gasteiger partial charge in [0, 0.05) is 32.7 Å². The number of hydrogen-bond donors (Lipinski definition) is 1. The van der Waals surface area contributed by atoms with E-state index in [-0.39, 0.29) is 6.04 Å². The van der Waals surface area contributed by atoms with Crippen molar-refractivity contribution in [2.75, 3.05) is 19.0 Å². The molecule has 1 atom stereocenters. The maximum atomic E-state index is 5.09. The molecule has 0 aliphatic carbocycles. The minimum absolute atomic E-state index is 0.235. The Morgan fingerprint density at radius 3 is 2.75 bits per heavy atom. The Kier molecular flexibility index (Phi) is 5.18. The summed E-state index contributed by atoms with van der Waals surface area (Å²) in [5.41, 5.74) is 2.55. The number of aryl methyl sites for hydroxylation is 2. The fourth-order valence-electron chi connectivity index (χ4n) is 2.14. The largest absolute Gasteiger partial charge is 0.385 e. The normalized spacial score (nSPS) is 12.3. The molecule has 1 aromatic heterocycles. The van der Waals surface area contributed by atoms with Crippen molar-refractivity contribution < 1.29 is 4.74 Å². The van der Waals surface area contributed by atoms with E-state index in [0.717, 1.165) is 25.5 Å². The fourth-order valence-corrected chi connectivity index (χ4v) is 2.14. The van der Waals surface area contributed by atoms with Crippen LogP contribution in [0.3, 0.4) is 0 Å². The molecule has 108 valence electrons. The second-order valence-corrected chi connectivity index (χ2v) is 5.07. The van der Waals surface area contributed by atoms with Crippen molar-refractivity contribution in [3.8, 4) is 0 Å². The van der Waals surface area contributed by atoms with E-state index in [1.54, 1.807) is 7.11 Å². The molecule has 2 rings (SSSR count). The number of aromatic nitrogens is 2. The van der Waals surface area contributed by atoms with E-state index in [2.05, 4.69) is 53.0 Å². The van der Waals surface area contributed by atoms with Gasteiger partial charge in [-0.3, -0.25) is 0 Å². The predicted octanol–water partition coefficient (Wildman–Crippen LogP) is 3.40. The second-order valence-electron chi connectivity index (χ2n) is 5.07. The van der Waals surface area contributed by atoms with Gasteiger partial charge in [0.2, 0.25) is 5.95 Å². The van der Waals surface area contributed by atoms with Crippen LogP contribution >= 0.6 is 0 Å². The second kappa shape index (κ2) is 7.10. The molecule has 1 N–H and O–H groups in total. The highest BCUT2D eigenvalue weighted by Gasteiger charge is 2.08. The average molecular weight is 273 g/mol. The minimum Gasteiger partial charge on any atom is -0.385 e. The third kappa shape index (κ3) is 3.84. The molecule has 1 heterocycles. The first-order valence-corrected chi connectivity index (χ1v) is 7.04. The first-order valence-electron chi connectivity index (χ1n) is 7.04. The zero-order valence-corrected chi connectivity index (χ0v) is 12.5. The van der Waals surface area contributed by atoms with Crippen LogP contribution in [-0.2, 0) is 11.3 Å². The Morgan fingerprint density at radius 1 is 1.30 bits per heavy atom. The molecule has 4 nitrogen and oxygen atoms in total. The summed E-state index contributed by atoms with van der Waals surface area (Å²) in [6.45, 7) is 5.94. The molecular formula is C16H23N3O. The molecule has 0 aliphatic rings. The first-order chi connectivity index (χ1) is 9.70. The molecule has 0 saturated heterocycles. The van der Waals surface area contributed by atoms with E-state index in [1.165, 1.54) is 11.1 Å². The van der Waals surface area contributed by atoms with Crippen LogP contribution < -0.4 is 5.32 Å². The van der Waals surface area contributed by atoms with Crippen LogP contribution in [0.25, 0.3) is 0 Å². The quantitative estimate of drug-likeness (QED) is 0.786. The summed E-state index contributed by atoms with van der Waals surface area (Å²) in [5, 5.41) is 3.46. The van der Waals surface area contributed by atoms with E-state index >= 15 is 0 Å². The van der Waals surface area contributed by atoms with Gasteiger partial charge in [-0.1, -0.05) is 29.8 Å². The minimum atomic E-state index is 0.235. The Morgan fingerprint density at radius 2 is 2.05 bits per heavy atom. The Hall–Kier alpha value is -1.81. The van der Waals surface area contributed by atoms with Crippen LogP contribution in [0.15, 0.2) is 36.7 Å². The molecule has 0 amide bonds. The molecule has 0 radical (unpaired) electrons. The van der Waals surface area contributed by atoms with E-state index in [0.29, 0.717) is 0 Å². The van der Waals surface area contributed by atoms with Gasteiger partial charge in [0.25, 0.3) is 0 Å². The molecule has 1 aromatic carbocycles. The molecule has 20 heavy (non-hydrogen) atoms. The topological polar surface area (TPSA) is 39.1 Å². The predicted molar refractivity (Wildman–Crippen MR) is 81.9 cm³/mol. The highest BCUT2D eigenvalue weighted by Crippen LogP contribution is 2.18. The molecule has 0 aliphatic heterocycles. The van der Waals surface area contributed by atoms with Crippen molar-refractivity contribution in [3.63, 3.8) is 0 Å². The van der Waals surface area contributed by atoms with E-state index in [1.807, 2.05) is 12.4 Å². The first kappa shape index (κ1) is 14.6. The third-order valence-electron chi connectivity index (χ3n) is 3.39. The summed E-state index contributed by atoms with van der Waals surface area (Å²) in [5.74, 6) is 0.911. The number of nitrogens with one attached hydrogen (secondary N) is 1. The maximum absolute atomic E-state index is 5.09. The smallest absolute Gasteiger partial charge is 0.203 e. The summed E-state index contributed by atoms with van der Waals surface area (Å²) in [4.78, 5) is 4.39. The van der Waals surface area contributed by atoms with Gasteiger partial charge in [-0.05, 0) is 25.8 Å². The number of hydrogen-bond acceptors (Lipinski definition) is 3. The number of benzene rings is 1. The van der Waals surface area contributed by atoms with Gasteiger partial charge in [-0.2, -0.15) is 0 Å². The van der Waals surface area contributed by atoms with Gasteiger partial charge in [0.1, 0.15) is 0 Å². The van der Waals surface area contributed by atoms with Crippen LogP contribution in [0.1, 0.15) is 30.5 Å². The summed E-state index contributed by atoms with van der Waals surface area (Å²) in [7, 11) is 1.73. The van der Waals surface area contributed by atoms with E-state index < -0.39 is 0 Å². The van der Waals surface area contributed by atoms with Crippen LogP contribution in [0.4, 0.5) is 5.95 Å². The summed E-state index contributed by atoms with van der Waals surface area (Å²) < 4.78 is 7.22. The number of methoxy groups -OCH3 is 1.